The van der Waals surface area contributed by atoms with Gasteiger partial charge in [-0.2, -0.15) is 10.2 Å². The second-order valence-corrected chi connectivity index (χ2v) is 9.83. The number of carbonyl (C=O) groups excluding carboxylic acids is 1. The van der Waals surface area contributed by atoms with Crippen LogP contribution in [0.25, 0.3) is 6.08 Å². The van der Waals surface area contributed by atoms with E-state index in [2.05, 4.69) is 40.1 Å². The van der Waals surface area contributed by atoms with Crippen molar-refractivity contribution >= 4 is 52.0 Å². The van der Waals surface area contributed by atoms with Gasteiger partial charge >= 0.3 is 0 Å². The topological polar surface area (TPSA) is 50.5 Å². The highest BCUT2D eigenvalue weighted by atomic mass is 35.5. The molecule has 0 spiro atoms. The molecule has 0 aromatic carbocycles. The van der Waals surface area contributed by atoms with E-state index in [1.807, 2.05) is 13.0 Å². The molecule has 8 heteroatoms. The van der Waals surface area contributed by atoms with Gasteiger partial charge in [0.05, 0.1) is 16.8 Å². The summed E-state index contributed by atoms with van der Waals surface area (Å²) < 4.78 is 1.69. The maximum atomic E-state index is 13.5. The van der Waals surface area contributed by atoms with Gasteiger partial charge in [0.1, 0.15) is 0 Å². The molecule has 3 aromatic rings. The number of aryl methyl sites for hydroxylation is 1. The molecule has 0 bridgehead atoms. The molecular formula is C22H21ClN4OS2. The largest absolute Gasteiger partial charge is 0.296 e. The van der Waals surface area contributed by atoms with Crippen molar-refractivity contribution in [3.05, 3.63) is 67.3 Å². The van der Waals surface area contributed by atoms with Crippen molar-refractivity contribution in [3.8, 4) is 0 Å². The number of aromatic nitrogens is 2. The number of allylic oxidation sites excluding steroid dienone is 1. The predicted octanol–water partition coefficient (Wildman–Crippen LogP) is 6.12. The van der Waals surface area contributed by atoms with Crippen LogP contribution in [0.3, 0.4) is 0 Å². The normalized spacial score (nSPS) is 22.4. The molecule has 5 rings (SSSR count). The summed E-state index contributed by atoms with van der Waals surface area (Å²) in [6, 6.07) is 8.20. The number of amides is 1. The van der Waals surface area contributed by atoms with Gasteiger partial charge in [-0.1, -0.05) is 23.7 Å². The Kier molecular flexibility index (Phi) is 5.35. The summed E-state index contributed by atoms with van der Waals surface area (Å²) in [5, 5.41) is 15.4. The highest BCUT2D eigenvalue weighted by molar-refractivity contribution is 7.11. The van der Waals surface area contributed by atoms with Crippen LogP contribution in [0.5, 0.6) is 0 Å². The lowest BCUT2D eigenvalue weighted by Gasteiger charge is -2.28. The van der Waals surface area contributed by atoms with E-state index in [-0.39, 0.29) is 23.6 Å². The van der Waals surface area contributed by atoms with Crippen molar-refractivity contribution in [2.45, 2.75) is 38.8 Å². The van der Waals surface area contributed by atoms with Gasteiger partial charge in [0, 0.05) is 28.4 Å². The monoisotopic (exact) mass is 456 g/mol. The van der Waals surface area contributed by atoms with Gasteiger partial charge < -0.3 is 0 Å². The molecule has 4 heterocycles. The van der Waals surface area contributed by atoms with Crippen LogP contribution in [0.4, 0.5) is 0 Å². The molecule has 0 radical (unpaired) electrons. The highest BCUT2D eigenvalue weighted by Gasteiger charge is 2.45. The third kappa shape index (κ3) is 3.45. The van der Waals surface area contributed by atoms with Gasteiger partial charge in [-0.05, 0) is 60.7 Å². The number of hydrazone groups is 1. The van der Waals surface area contributed by atoms with Crippen molar-refractivity contribution in [1.29, 1.82) is 0 Å². The van der Waals surface area contributed by atoms with E-state index >= 15 is 0 Å². The van der Waals surface area contributed by atoms with Crippen molar-refractivity contribution in [3.63, 3.8) is 0 Å². The Labute approximate surface area is 188 Å². The first-order chi connectivity index (χ1) is 14.7. The Morgan fingerprint density at radius 2 is 2.13 bits per heavy atom. The smallest absolute Gasteiger partial charge is 0.271 e. The molecule has 5 nitrogen and oxygen atoms in total. The van der Waals surface area contributed by atoms with Crippen LogP contribution >= 0.6 is 34.3 Å². The maximum absolute atomic E-state index is 13.5. The Balaban J connectivity index is 1.57. The summed E-state index contributed by atoms with van der Waals surface area (Å²) in [6.07, 6.45) is 7.03. The Bertz CT molecular complexity index is 1110. The average molecular weight is 457 g/mol. The van der Waals surface area contributed by atoms with Gasteiger partial charge in [-0.15, -0.1) is 22.7 Å². The Morgan fingerprint density at radius 3 is 2.83 bits per heavy atom. The fourth-order valence-corrected chi connectivity index (χ4v) is 6.05. The zero-order valence-corrected chi connectivity index (χ0v) is 18.9. The molecule has 0 N–H and O–H groups in total. The fourth-order valence-electron chi connectivity index (χ4n) is 4.26. The van der Waals surface area contributed by atoms with Crippen molar-refractivity contribution in [2.24, 2.45) is 11.0 Å². The maximum Gasteiger partial charge on any atom is 0.296 e. The molecule has 2 aliphatic rings. The highest BCUT2D eigenvalue weighted by Crippen LogP contribution is 2.46. The summed E-state index contributed by atoms with van der Waals surface area (Å²) in [6.45, 7) is 2.63. The van der Waals surface area contributed by atoms with Crippen LogP contribution in [0.2, 0.25) is 5.02 Å². The minimum Gasteiger partial charge on any atom is -0.271 e. The molecule has 154 valence electrons. The molecule has 1 fully saturated rings. The minimum absolute atomic E-state index is 0.109. The van der Waals surface area contributed by atoms with E-state index in [1.54, 1.807) is 38.6 Å². The number of hydrogen-bond acceptors (Lipinski definition) is 5. The Hall–Kier alpha value is -2.22. The van der Waals surface area contributed by atoms with Crippen LogP contribution in [-0.4, -0.2) is 26.4 Å². The number of carbonyl (C=O) groups is 1. The summed E-state index contributed by atoms with van der Waals surface area (Å²) in [7, 11) is 0. The lowest BCUT2D eigenvalue weighted by atomic mass is 9.79. The molecule has 3 aromatic heterocycles. The zero-order valence-electron chi connectivity index (χ0n) is 16.5. The Morgan fingerprint density at radius 1 is 1.30 bits per heavy atom. The molecule has 1 aliphatic heterocycles. The van der Waals surface area contributed by atoms with Gasteiger partial charge in [-0.25, -0.2) is 5.01 Å². The molecule has 1 aliphatic carbocycles. The van der Waals surface area contributed by atoms with E-state index in [1.165, 1.54) is 10.5 Å². The van der Waals surface area contributed by atoms with Crippen LogP contribution in [-0.2, 0) is 6.54 Å². The van der Waals surface area contributed by atoms with Gasteiger partial charge in [0.25, 0.3) is 5.91 Å². The predicted molar refractivity (Wildman–Crippen MR) is 123 cm³/mol. The van der Waals surface area contributed by atoms with Crippen LogP contribution in [0, 0.1) is 5.92 Å². The lowest BCUT2D eigenvalue weighted by molar-refractivity contribution is 0.0677. The van der Waals surface area contributed by atoms with E-state index in [0.29, 0.717) is 11.6 Å². The van der Waals surface area contributed by atoms with E-state index < -0.39 is 0 Å². The molecule has 2 atom stereocenters. The molecule has 1 amide bonds. The molecule has 1 saturated carbocycles. The minimum atomic E-state index is -0.233. The summed E-state index contributed by atoms with van der Waals surface area (Å²) in [4.78, 5) is 15.9. The zero-order chi connectivity index (χ0) is 20.7. The number of halogens is 1. The SMILES string of the molecule is CCn1cc(Cl)c(C(=O)N2N=C3/C(=C\c4cccs4)CCC[C@@H]3[C@@H]2c2cccs2)n1. The number of fused-ring (bicyclic) bond motifs is 1. The average Bonchev–Trinajstić information content (AvgIpc) is 3.53. The summed E-state index contributed by atoms with van der Waals surface area (Å²) in [5.74, 6) is -0.0393. The second kappa shape index (κ2) is 8.13. The fraction of sp³-hybridized carbons (Fsp3) is 0.318. The van der Waals surface area contributed by atoms with Crippen molar-refractivity contribution in [1.82, 2.24) is 14.8 Å². The summed E-state index contributed by atoms with van der Waals surface area (Å²) in [5.41, 5.74) is 2.54. The molecule has 0 unspecified atom stereocenters. The summed E-state index contributed by atoms with van der Waals surface area (Å²) >= 11 is 9.75. The van der Waals surface area contributed by atoms with Crippen molar-refractivity contribution in [2.75, 3.05) is 0 Å². The number of rotatable bonds is 4. The van der Waals surface area contributed by atoms with Gasteiger partial charge in [-0.3, -0.25) is 9.48 Å². The number of hydrogen-bond donors (Lipinski definition) is 0. The number of nitrogens with zero attached hydrogens (tertiary/aromatic N) is 4. The second-order valence-electron chi connectivity index (χ2n) is 7.46. The lowest BCUT2D eigenvalue weighted by Crippen LogP contribution is -2.31. The first-order valence-corrected chi connectivity index (χ1v) is 12.2. The van der Waals surface area contributed by atoms with E-state index in [0.717, 1.165) is 29.9 Å². The standard InChI is InChI=1S/C22H21ClN4OS2/c1-2-26-13-17(23)20(24-26)22(28)27-21(18-9-5-11-30-18)16-8-3-6-14(19(16)25-27)12-15-7-4-10-29-15/h4-5,7,9-13,16,21H,2-3,6,8H2,1H3/b14-12-/t16-,21+/m0/s1. The third-order valence-electron chi connectivity index (χ3n) is 5.65. The van der Waals surface area contributed by atoms with E-state index in [4.69, 9.17) is 16.7 Å². The van der Waals surface area contributed by atoms with E-state index in [9.17, 15) is 4.79 Å². The van der Waals surface area contributed by atoms with Crippen LogP contribution < -0.4 is 0 Å². The van der Waals surface area contributed by atoms with Gasteiger partial charge in [0.2, 0.25) is 0 Å². The van der Waals surface area contributed by atoms with Crippen LogP contribution in [0.15, 0.2) is 51.9 Å². The first kappa shape index (κ1) is 19.7. The molecular weight excluding hydrogens is 436 g/mol. The molecule has 30 heavy (non-hydrogen) atoms. The molecule has 0 saturated heterocycles. The van der Waals surface area contributed by atoms with Crippen molar-refractivity contribution < 1.29 is 4.79 Å². The van der Waals surface area contributed by atoms with Crippen LogP contribution in [0.1, 0.15) is 52.5 Å². The first-order valence-electron chi connectivity index (χ1n) is 10.1. The van der Waals surface area contributed by atoms with Gasteiger partial charge in [0.15, 0.2) is 5.69 Å². The third-order valence-corrected chi connectivity index (χ3v) is 7.69. The quantitative estimate of drug-likeness (QED) is 0.475. The number of thiophene rings is 2.